The first-order valence-electron chi connectivity index (χ1n) is 7.11. The second-order valence-corrected chi connectivity index (χ2v) is 6.06. The maximum absolute atomic E-state index is 3.55. The van der Waals surface area contributed by atoms with Crippen molar-refractivity contribution in [2.24, 2.45) is 11.3 Å². The molecule has 2 unspecified atom stereocenters. The van der Waals surface area contributed by atoms with Gasteiger partial charge in [-0.25, -0.2) is 0 Å². The Kier molecular flexibility index (Phi) is 3.19. The van der Waals surface area contributed by atoms with Gasteiger partial charge in [-0.2, -0.15) is 0 Å². The van der Waals surface area contributed by atoms with Crippen LogP contribution in [-0.4, -0.2) is 13.1 Å². The minimum Gasteiger partial charge on any atom is -0.316 e. The number of aryl methyl sites for hydroxylation is 1. The highest BCUT2D eigenvalue weighted by Crippen LogP contribution is 2.47. The van der Waals surface area contributed by atoms with E-state index in [2.05, 4.69) is 35.6 Å². The van der Waals surface area contributed by atoms with Gasteiger partial charge >= 0.3 is 0 Å². The van der Waals surface area contributed by atoms with E-state index in [9.17, 15) is 0 Å². The molecule has 92 valence electrons. The van der Waals surface area contributed by atoms with Crippen LogP contribution in [0.3, 0.4) is 0 Å². The predicted octanol–water partition coefficient (Wildman–Crippen LogP) is 3.40. The van der Waals surface area contributed by atoms with Gasteiger partial charge in [-0.1, -0.05) is 30.3 Å². The number of benzene rings is 1. The highest BCUT2D eigenvalue weighted by atomic mass is 14.9. The van der Waals surface area contributed by atoms with Crippen LogP contribution in [0.4, 0.5) is 0 Å². The first-order valence-corrected chi connectivity index (χ1v) is 7.11. The van der Waals surface area contributed by atoms with Gasteiger partial charge in [0.1, 0.15) is 0 Å². The van der Waals surface area contributed by atoms with Crippen LogP contribution in [-0.2, 0) is 6.42 Å². The van der Waals surface area contributed by atoms with E-state index in [-0.39, 0.29) is 0 Å². The topological polar surface area (TPSA) is 12.0 Å². The third-order valence-electron chi connectivity index (χ3n) is 4.82. The van der Waals surface area contributed by atoms with Gasteiger partial charge in [0.05, 0.1) is 0 Å². The maximum Gasteiger partial charge on any atom is 0.000839 e. The molecule has 2 fully saturated rings. The van der Waals surface area contributed by atoms with E-state index in [1.54, 1.807) is 0 Å². The third-order valence-corrected chi connectivity index (χ3v) is 4.82. The monoisotopic (exact) mass is 229 g/mol. The normalized spacial score (nSPS) is 32.4. The van der Waals surface area contributed by atoms with Crippen LogP contribution in [0.15, 0.2) is 30.3 Å². The first kappa shape index (κ1) is 11.3. The second-order valence-electron chi connectivity index (χ2n) is 6.06. The van der Waals surface area contributed by atoms with Gasteiger partial charge in [0, 0.05) is 6.54 Å². The highest BCUT2D eigenvalue weighted by Gasteiger charge is 2.40. The quantitative estimate of drug-likeness (QED) is 0.837. The SMILES string of the molecule is c1ccc(CCC2CCC3(CCNC3)C2)cc1. The Bertz CT molecular complexity index is 351. The Morgan fingerprint density at radius 1 is 1.18 bits per heavy atom. The lowest BCUT2D eigenvalue weighted by Gasteiger charge is -2.21. The molecule has 0 radical (unpaired) electrons. The van der Waals surface area contributed by atoms with E-state index in [0.717, 1.165) is 5.92 Å². The molecule has 1 heterocycles. The lowest BCUT2D eigenvalue weighted by atomic mass is 9.84. The number of hydrogen-bond acceptors (Lipinski definition) is 1. The average Bonchev–Trinajstić information content (AvgIpc) is 2.99. The van der Waals surface area contributed by atoms with Crippen molar-refractivity contribution in [3.63, 3.8) is 0 Å². The zero-order chi connectivity index (χ0) is 11.6. The molecule has 1 aromatic carbocycles. The first-order chi connectivity index (χ1) is 8.36. The molecule has 1 spiro atoms. The van der Waals surface area contributed by atoms with E-state index in [1.807, 2.05) is 0 Å². The van der Waals surface area contributed by atoms with Gasteiger partial charge in [0.2, 0.25) is 0 Å². The van der Waals surface area contributed by atoms with Crippen LogP contribution in [0.1, 0.15) is 37.7 Å². The fraction of sp³-hybridized carbons (Fsp3) is 0.625. The van der Waals surface area contributed by atoms with Crippen molar-refractivity contribution in [2.45, 2.75) is 38.5 Å². The molecule has 3 rings (SSSR count). The Balaban J connectivity index is 1.51. The Hall–Kier alpha value is -0.820. The molecule has 1 saturated heterocycles. The highest BCUT2D eigenvalue weighted by molar-refractivity contribution is 5.14. The number of nitrogens with one attached hydrogen (secondary N) is 1. The van der Waals surface area contributed by atoms with Gasteiger partial charge in [-0.05, 0) is 62.0 Å². The summed E-state index contributed by atoms with van der Waals surface area (Å²) in [6, 6.07) is 11.0. The van der Waals surface area contributed by atoms with E-state index < -0.39 is 0 Å². The van der Waals surface area contributed by atoms with Crippen LogP contribution in [0, 0.1) is 11.3 Å². The number of hydrogen-bond donors (Lipinski definition) is 1. The predicted molar refractivity (Wildman–Crippen MR) is 72.0 cm³/mol. The Labute approximate surface area is 105 Å². The number of rotatable bonds is 3. The van der Waals surface area contributed by atoms with E-state index >= 15 is 0 Å². The summed E-state index contributed by atoms with van der Waals surface area (Å²) in [6.45, 7) is 2.54. The van der Waals surface area contributed by atoms with Crippen LogP contribution >= 0.6 is 0 Å². The van der Waals surface area contributed by atoms with Gasteiger partial charge in [-0.15, -0.1) is 0 Å². The summed E-state index contributed by atoms with van der Waals surface area (Å²) in [7, 11) is 0. The summed E-state index contributed by atoms with van der Waals surface area (Å²) in [4.78, 5) is 0. The summed E-state index contributed by atoms with van der Waals surface area (Å²) in [6.07, 6.45) is 8.51. The smallest absolute Gasteiger partial charge is 0.000839 e. The summed E-state index contributed by atoms with van der Waals surface area (Å²) in [5.41, 5.74) is 2.21. The van der Waals surface area contributed by atoms with Crippen LogP contribution < -0.4 is 5.32 Å². The van der Waals surface area contributed by atoms with Crippen molar-refractivity contribution in [1.29, 1.82) is 0 Å². The van der Waals surface area contributed by atoms with Crippen molar-refractivity contribution in [2.75, 3.05) is 13.1 Å². The zero-order valence-corrected chi connectivity index (χ0v) is 10.6. The van der Waals surface area contributed by atoms with Crippen molar-refractivity contribution in [3.05, 3.63) is 35.9 Å². The zero-order valence-electron chi connectivity index (χ0n) is 10.6. The van der Waals surface area contributed by atoms with Gasteiger partial charge in [-0.3, -0.25) is 0 Å². The minimum absolute atomic E-state index is 0.696. The molecule has 1 heteroatoms. The van der Waals surface area contributed by atoms with Crippen LogP contribution in [0.25, 0.3) is 0 Å². The molecule has 1 aliphatic heterocycles. The van der Waals surface area contributed by atoms with Gasteiger partial charge < -0.3 is 5.32 Å². The fourth-order valence-electron chi connectivity index (χ4n) is 3.77. The summed E-state index contributed by atoms with van der Waals surface area (Å²) in [5, 5.41) is 3.55. The molecule has 1 N–H and O–H groups in total. The molecular formula is C16H23N. The fourth-order valence-corrected chi connectivity index (χ4v) is 3.77. The molecular weight excluding hydrogens is 206 g/mol. The lowest BCUT2D eigenvalue weighted by molar-refractivity contribution is 0.315. The molecule has 1 aromatic rings. The standard InChI is InChI=1S/C16H23N/c1-2-4-14(5-3-1)6-7-15-8-9-16(12-15)10-11-17-13-16/h1-5,15,17H,6-13H2. The molecule has 2 atom stereocenters. The van der Waals surface area contributed by atoms with Crippen molar-refractivity contribution in [3.8, 4) is 0 Å². The molecule has 1 saturated carbocycles. The molecule has 0 aromatic heterocycles. The Morgan fingerprint density at radius 2 is 2.06 bits per heavy atom. The van der Waals surface area contributed by atoms with E-state index in [4.69, 9.17) is 0 Å². The molecule has 0 amide bonds. The lowest BCUT2D eigenvalue weighted by Crippen LogP contribution is -2.20. The maximum atomic E-state index is 3.55. The van der Waals surface area contributed by atoms with E-state index in [1.165, 1.54) is 57.2 Å². The summed E-state index contributed by atoms with van der Waals surface area (Å²) in [5.74, 6) is 0.982. The van der Waals surface area contributed by atoms with Crippen LogP contribution in [0.5, 0.6) is 0 Å². The summed E-state index contributed by atoms with van der Waals surface area (Å²) < 4.78 is 0. The van der Waals surface area contributed by atoms with Crippen molar-refractivity contribution >= 4 is 0 Å². The average molecular weight is 229 g/mol. The van der Waals surface area contributed by atoms with Crippen molar-refractivity contribution in [1.82, 2.24) is 5.32 Å². The Morgan fingerprint density at radius 3 is 2.82 bits per heavy atom. The molecule has 2 aliphatic rings. The summed E-state index contributed by atoms with van der Waals surface area (Å²) >= 11 is 0. The van der Waals surface area contributed by atoms with Crippen LogP contribution in [0.2, 0.25) is 0 Å². The van der Waals surface area contributed by atoms with Gasteiger partial charge in [0.15, 0.2) is 0 Å². The van der Waals surface area contributed by atoms with E-state index in [0.29, 0.717) is 5.41 Å². The largest absolute Gasteiger partial charge is 0.316 e. The van der Waals surface area contributed by atoms with Gasteiger partial charge in [0.25, 0.3) is 0 Å². The third kappa shape index (κ3) is 2.55. The minimum atomic E-state index is 0.696. The van der Waals surface area contributed by atoms with Crippen molar-refractivity contribution < 1.29 is 0 Å². The molecule has 17 heavy (non-hydrogen) atoms. The molecule has 1 nitrogen and oxygen atoms in total. The second kappa shape index (κ2) is 4.81. The molecule has 1 aliphatic carbocycles. The molecule has 0 bridgehead atoms.